The van der Waals surface area contributed by atoms with E-state index in [1.54, 1.807) is 23.0 Å². The standard InChI is InChI=1S/C21H23N3O3S/c1-16(2)18-9-6-10-19(15-18)28(26,27)23-21(25)20-12-14-24(22-20)13-11-17-7-4-3-5-8-17/h3-10,12,14-16H,11,13H2,1-2H3,(H,23,25). The number of nitrogens with one attached hydrogen (secondary N) is 1. The van der Waals surface area contributed by atoms with Crippen LogP contribution in [0.1, 0.15) is 41.4 Å². The van der Waals surface area contributed by atoms with E-state index in [-0.39, 0.29) is 16.5 Å². The lowest BCUT2D eigenvalue weighted by Crippen LogP contribution is -2.31. The van der Waals surface area contributed by atoms with Crippen LogP contribution in [0.4, 0.5) is 0 Å². The first-order valence-corrected chi connectivity index (χ1v) is 10.6. The molecular weight excluding hydrogens is 374 g/mol. The summed E-state index contributed by atoms with van der Waals surface area (Å²) >= 11 is 0. The third kappa shape index (κ3) is 4.86. The second-order valence-electron chi connectivity index (χ2n) is 6.86. The molecule has 0 spiro atoms. The van der Waals surface area contributed by atoms with Crippen molar-refractivity contribution in [2.24, 2.45) is 0 Å². The molecule has 146 valence electrons. The first-order chi connectivity index (χ1) is 13.3. The average Bonchev–Trinajstić information content (AvgIpc) is 3.16. The molecule has 1 N–H and O–H groups in total. The Morgan fingerprint density at radius 2 is 1.82 bits per heavy atom. The zero-order valence-electron chi connectivity index (χ0n) is 15.9. The van der Waals surface area contributed by atoms with E-state index in [1.165, 1.54) is 12.1 Å². The Balaban J connectivity index is 1.67. The molecule has 7 heteroatoms. The molecule has 0 aliphatic rings. The Kier molecular flexibility index (Phi) is 5.94. The van der Waals surface area contributed by atoms with Crippen molar-refractivity contribution >= 4 is 15.9 Å². The Morgan fingerprint density at radius 3 is 2.54 bits per heavy atom. The molecule has 1 heterocycles. The first-order valence-electron chi connectivity index (χ1n) is 9.09. The van der Waals surface area contributed by atoms with Crippen LogP contribution in [-0.4, -0.2) is 24.1 Å². The van der Waals surface area contributed by atoms with Gasteiger partial charge in [-0.15, -0.1) is 0 Å². The summed E-state index contributed by atoms with van der Waals surface area (Å²) in [7, 11) is -3.96. The highest BCUT2D eigenvalue weighted by Crippen LogP contribution is 2.18. The molecule has 0 saturated carbocycles. The molecule has 3 aromatic rings. The third-order valence-electron chi connectivity index (χ3n) is 4.41. The maximum Gasteiger partial charge on any atom is 0.285 e. The number of amides is 1. The number of hydrogen-bond donors (Lipinski definition) is 1. The summed E-state index contributed by atoms with van der Waals surface area (Å²) in [5, 5.41) is 4.19. The fourth-order valence-corrected chi connectivity index (χ4v) is 3.79. The maximum atomic E-state index is 12.5. The van der Waals surface area contributed by atoms with E-state index in [4.69, 9.17) is 0 Å². The average molecular weight is 398 g/mol. The van der Waals surface area contributed by atoms with Gasteiger partial charge in [0.1, 0.15) is 0 Å². The lowest BCUT2D eigenvalue weighted by molar-refractivity contribution is 0.0975. The second kappa shape index (κ2) is 8.39. The van der Waals surface area contributed by atoms with Gasteiger partial charge in [0.05, 0.1) is 4.90 Å². The summed E-state index contributed by atoms with van der Waals surface area (Å²) in [6.45, 7) is 4.55. The number of benzene rings is 2. The van der Waals surface area contributed by atoms with Crippen LogP contribution in [0.5, 0.6) is 0 Å². The Labute approximate surface area is 165 Å². The highest BCUT2D eigenvalue weighted by molar-refractivity contribution is 7.90. The number of rotatable bonds is 7. The number of carbonyl (C=O) groups excluding carboxylic acids is 1. The SMILES string of the molecule is CC(C)c1cccc(S(=O)(=O)NC(=O)c2ccn(CCc3ccccc3)n2)c1. The molecule has 28 heavy (non-hydrogen) atoms. The second-order valence-corrected chi connectivity index (χ2v) is 8.54. The number of hydrogen-bond acceptors (Lipinski definition) is 4. The van der Waals surface area contributed by atoms with Gasteiger partial charge in [-0.2, -0.15) is 5.10 Å². The molecule has 0 aliphatic carbocycles. The molecule has 0 unspecified atom stereocenters. The van der Waals surface area contributed by atoms with Crippen LogP contribution in [0.3, 0.4) is 0 Å². The van der Waals surface area contributed by atoms with Crippen LogP contribution >= 0.6 is 0 Å². The first kappa shape index (κ1) is 19.8. The highest BCUT2D eigenvalue weighted by atomic mass is 32.2. The highest BCUT2D eigenvalue weighted by Gasteiger charge is 2.21. The summed E-state index contributed by atoms with van der Waals surface area (Å²) < 4.78 is 28.8. The third-order valence-corrected chi connectivity index (χ3v) is 5.74. The topological polar surface area (TPSA) is 81.1 Å². The van der Waals surface area contributed by atoms with E-state index in [1.807, 2.05) is 50.2 Å². The zero-order valence-corrected chi connectivity index (χ0v) is 16.7. The summed E-state index contributed by atoms with van der Waals surface area (Å²) in [6.07, 6.45) is 2.44. The van der Waals surface area contributed by atoms with E-state index in [0.717, 1.165) is 17.5 Å². The fraction of sp³-hybridized carbons (Fsp3) is 0.238. The summed E-state index contributed by atoms with van der Waals surface area (Å²) in [5.41, 5.74) is 2.12. The van der Waals surface area contributed by atoms with Gasteiger partial charge in [-0.1, -0.05) is 56.3 Å². The smallest absolute Gasteiger partial charge is 0.272 e. The van der Waals surface area contributed by atoms with Gasteiger partial charge in [-0.25, -0.2) is 13.1 Å². The van der Waals surface area contributed by atoms with Crippen molar-refractivity contribution < 1.29 is 13.2 Å². The molecule has 0 aliphatic heterocycles. The Bertz CT molecular complexity index is 1060. The van der Waals surface area contributed by atoms with Gasteiger partial charge in [-0.3, -0.25) is 9.48 Å². The summed E-state index contributed by atoms with van der Waals surface area (Å²) in [4.78, 5) is 12.4. The van der Waals surface area contributed by atoms with Crippen molar-refractivity contribution in [3.63, 3.8) is 0 Å². The quantitative estimate of drug-likeness (QED) is 0.663. The van der Waals surface area contributed by atoms with Crippen LogP contribution < -0.4 is 4.72 Å². The molecule has 0 fully saturated rings. The number of aromatic nitrogens is 2. The lowest BCUT2D eigenvalue weighted by atomic mass is 10.0. The van der Waals surface area contributed by atoms with E-state index in [2.05, 4.69) is 9.82 Å². The predicted octanol–water partition coefficient (Wildman–Crippen LogP) is 3.37. The molecule has 0 atom stereocenters. The maximum absolute atomic E-state index is 12.5. The van der Waals surface area contributed by atoms with Crippen LogP contribution in [0.2, 0.25) is 0 Å². The molecule has 1 amide bonds. The van der Waals surface area contributed by atoms with E-state index >= 15 is 0 Å². The molecule has 1 aromatic heterocycles. The van der Waals surface area contributed by atoms with Crippen molar-refractivity contribution in [2.75, 3.05) is 0 Å². The van der Waals surface area contributed by atoms with Gasteiger partial charge < -0.3 is 0 Å². The largest absolute Gasteiger partial charge is 0.285 e. The van der Waals surface area contributed by atoms with Crippen molar-refractivity contribution in [1.82, 2.24) is 14.5 Å². The van der Waals surface area contributed by atoms with Gasteiger partial charge in [-0.05, 0) is 41.7 Å². The Morgan fingerprint density at radius 1 is 1.07 bits per heavy atom. The van der Waals surface area contributed by atoms with Crippen LogP contribution in [0.15, 0.2) is 71.8 Å². The van der Waals surface area contributed by atoms with Gasteiger partial charge in [0.2, 0.25) is 0 Å². The molecule has 6 nitrogen and oxygen atoms in total. The minimum atomic E-state index is -3.96. The number of carbonyl (C=O) groups is 1. The Hall–Kier alpha value is -2.93. The van der Waals surface area contributed by atoms with E-state index in [0.29, 0.717) is 6.54 Å². The summed E-state index contributed by atoms with van der Waals surface area (Å²) in [6, 6.07) is 18.0. The fourth-order valence-electron chi connectivity index (χ4n) is 2.77. The van der Waals surface area contributed by atoms with Crippen molar-refractivity contribution in [3.8, 4) is 0 Å². The minimum Gasteiger partial charge on any atom is -0.272 e. The molecule has 0 saturated heterocycles. The number of sulfonamides is 1. The summed E-state index contributed by atoms with van der Waals surface area (Å²) in [5.74, 6) is -0.556. The normalized spacial score (nSPS) is 11.5. The lowest BCUT2D eigenvalue weighted by Gasteiger charge is -2.09. The number of nitrogens with zero attached hydrogens (tertiary/aromatic N) is 2. The van der Waals surface area contributed by atoms with Gasteiger partial charge in [0.15, 0.2) is 5.69 Å². The molecule has 3 rings (SSSR count). The van der Waals surface area contributed by atoms with Gasteiger partial charge in [0.25, 0.3) is 15.9 Å². The molecular formula is C21H23N3O3S. The molecule has 2 aromatic carbocycles. The molecule has 0 bridgehead atoms. The molecule has 0 radical (unpaired) electrons. The monoisotopic (exact) mass is 397 g/mol. The van der Waals surface area contributed by atoms with Crippen molar-refractivity contribution in [3.05, 3.63) is 83.7 Å². The number of aryl methyl sites for hydroxylation is 2. The van der Waals surface area contributed by atoms with Crippen LogP contribution in [0.25, 0.3) is 0 Å². The van der Waals surface area contributed by atoms with Gasteiger partial charge >= 0.3 is 0 Å². The van der Waals surface area contributed by atoms with E-state index < -0.39 is 15.9 Å². The predicted molar refractivity (Wildman–Crippen MR) is 108 cm³/mol. The van der Waals surface area contributed by atoms with Crippen molar-refractivity contribution in [2.45, 2.75) is 37.6 Å². The van der Waals surface area contributed by atoms with E-state index in [9.17, 15) is 13.2 Å². The minimum absolute atomic E-state index is 0.0653. The van der Waals surface area contributed by atoms with Crippen LogP contribution in [-0.2, 0) is 23.0 Å². The van der Waals surface area contributed by atoms with Crippen molar-refractivity contribution in [1.29, 1.82) is 0 Å². The van der Waals surface area contributed by atoms with Gasteiger partial charge in [0, 0.05) is 12.7 Å². The zero-order chi connectivity index (χ0) is 20.1. The van der Waals surface area contributed by atoms with Crippen LogP contribution in [0, 0.1) is 0 Å².